The van der Waals surface area contributed by atoms with Crippen molar-refractivity contribution in [1.82, 2.24) is 9.88 Å². The quantitative estimate of drug-likeness (QED) is 0.597. The molecule has 8 heteroatoms. The zero-order valence-electron chi connectivity index (χ0n) is 17.3. The Bertz CT molecular complexity index is 1140. The number of nitrogens with two attached hydrogens (primary N) is 1. The Kier molecular flexibility index (Phi) is 6.12. The van der Waals surface area contributed by atoms with Crippen LogP contribution in [-0.2, 0) is 11.3 Å². The van der Waals surface area contributed by atoms with Crippen LogP contribution in [0, 0.1) is 0 Å². The van der Waals surface area contributed by atoms with Gasteiger partial charge in [0.05, 0.1) is 11.9 Å². The third-order valence-corrected chi connectivity index (χ3v) is 5.10. The number of hydrogen-bond acceptors (Lipinski definition) is 5. The minimum atomic E-state index is -0.543. The van der Waals surface area contributed by atoms with Crippen molar-refractivity contribution in [2.24, 2.45) is 5.73 Å². The summed E-state index contributed by atoms with van der Waals surface area (Å²) in [5.41, 5.74) is 7.62. The minimum Gasteiger partial charge on any atom is -0.439 e. The molecule has 1 saturated heterocycles. The van der Waals surface area contributed by atoms with E-state index in [-0.39, 0.29) is 11.8 Å². The lowest BCUT2D eigenvalue weighted by Gasteiger charge is -2.15. The Morgan fingerprint density at radius 2 is 1.88 bits per heavy atom. The average Bonchev–Trinajstić information content (AvgIpc) is 3.20. The second-order valence-electron chi connectivity index (χ2n) is 7.45. The third-order valence-electron chi connectivity index (χ3n) is 5.10. The number of nitrogens with one attached hydrogen (secondary N) is 1. The van der Waals surface area contributed by atoms with E-state index in [0.717, 1.165) is 18.5 Å². The highest BCUT2D eigenvalue weighted by Gasteiger charge is 2.20. The summed E-state index contributed by atoms with van der Waals surface area (Å²) in [6, 6.07) is 17.0. The van der Waals surface area contributed by atoms with E-state index in [9.17, 15) is 14.4 Å². The van der Waals surface area contributed by atoms with Gasteiger partial charge in [0.1, 0.15) is 5.75 Å². The molecule has 0 unspecified atom stereocenters. The molecule has 2 aromatic carbocycles. The summed E-state index contributed by atoms with van der Waals surface area (Å²) >= 11 is 0. The number of carbonyl (C=O) groups excluding carboxylic acids is 3. The van der Waals surface area contributed by atoms with E-state index >= 15 is 0 Å². The van der Waals surface area contributed by atoms with Gasteiger partial charge in [0.25, 0.3) is 5.91 Å². The highest BCUT2D eigenvalue weighted by molar-refractivity contribution is 6.04. The molecule has 162 valence electrons. The predicted molar refractivity (Wildman–Crippen MR) is 118 cm³/mol. The number of primary amides is 1. The Balaban J connectivity index is 1.35. The second kappa shape index (κ2) is 9.30. The van der Waals surface area contributed by atoms with Crippen molar-refractivity contribution in [3.63, 3.8) is 0 Å². The van der Waals surface area contributed by atoms with Crippen LogP contribution in [0.5, 0.6) is 11.6 Å². The van der Waals surface area contributed by atoms with Crippen LogP contribution in [0.2, 0.25) is 0 Å². The molecule has 3 aromatic rings. The summed E-state index contributed by atoms with van der Waals surface area (Å²) in [5.74, 6) is 0.108. The topological polar surface area (TPSA) is 115 Å². The molecule has 4 rings (SSSR count). The highest BCUT2D eigenvalue weighted by Crippen LogP contribution is 2.22. The number of nitrogens with zero attached hydrogens (tertiary/aromatic N) is 2. The van der Waals surface area contributed by atoms with Crippen molar-refractivity contribution < 1.29 is 19.1 Å². The summed E-state index contributed by atoms with van der Waals surface area (Å²) < 4.78 is 5.63. The average molecular weight is 430 g/mol. The number of rotatable bonds is 7. The fourth-order valence-electron chi connectivity index (χ4n) is 3.40. The minimum absolute atomic E-state index is 0.173. The lowest BCUT2D eigenvalue weighted by atomic mass is 10.1. The van der Waals surface area contributed by atoms with Gasteiger partial charge in [0.15, 0.2) is 0 Å². The molecule has 0 spiro atoms. The van der Waals surface area contributed by atoms with Crippen molar-refractivity contribution >= 4 is 23.4 Å². The van der Waals surface area contributed by atoms with E-state index in [1.807, 2.05) is 17.0 Å². The first-order valence-electron chi connectivity index (χ1n) is 10.2. The summed E-state index contributed by atoms with van der Waals surface area (Å²) in [5, 5.41) is 2.79. The van der Waals surface area contributed by atoms with Gasteiger partial charge in [-0.05, 0) is 48.4 Å². The molecule has 2 heterocycles. The molecule has 32 heavy (non-hydrogen) atoms. The number of hydrogen-bond donors (Lipinski definition) is 2. The summed E-state index contributed by atoms with van der Waals surface area (Å²) in [6.45, 7) is 1.35. The van der Waals surface area contributed by atoms with Gasteiger partial charge >= 0.3 is 0 Å². The van der Waals surface area contributed by atoms with Crippen LogP contribution in [-0.4, -0.2) is 34.2 Å². The van der Waals surface area contributed by atoms with Crippen LogP contribution >= 0.6 is 0 Å². The number of amides is 3. The Morgan fingerprint density at radius 1 is 1.06 bits per heavy atom. The number of anilines is 1. The van der Waals surface area contributed by atoms with Gasteiger partial charge in [-0.15, -0.1) is 0 Å². The first-order valence-corrected chi connectivity index (χ1v) is 10.2. The molecule has 0 bridgehead atoms. The monoisotopic (exact) mass is 430 g/mol. The van der Waals surface area contributed by atoms with Gasteiger partial charge in [-0.2, -0.15) is 0 Å². The first kappa shape index (κ1) is 21.0. The Hall–Kier alpha value is -4.20. The Morgan fingerprint density at radius 3 is 2.53 bits per heavy atom. The molecule has 1 aliphatic rings. The van der Waals surface area contributed by atoms with Gasteiger partial charge in [0.2, 0.25) is 17.7 Å². The highest BCUT2D eigenvalue weighted by atomic mass is 16.5. The molecule has 0 saturated carbocycles. The number of benzene rings is 2. The molecule has 3 N–H and O–H groups in total. The van der Waals surface area contributed by atoms with E-state index in [0.29, 0.717) is 41.4 Å². The van der Waals surface area contributed by atoms with Gasteiger partial charge in [0, 0.05) is 36.7 Å². The molecule has 1 fully saturated rings. The van der Waals surface area contributed by atoms with Crippen molar-refractivity contribution in [3.8, 4) is 11.6 Å². The van der Waals surface area contributed by atoms with Crippen LogP contribution in [0.3, 0.4) is 0 Å². The van der Waals surface area contributed by atoms with Crippen molar-refractivity contribution in [3.05, 3.63) is 83.6 Å². The molecule has 0 atom stereocenters. The molecule has 8 nitrogen and oxygen atoms in total. The van der Waals surface area contributed by atoms with Crippen molar-refractivity contribution in [1.29, 1.82) is 0 Å². The maximum absolute atomic E-state index is 12.5. The van der Waals surface area contributed by atoms with Crippen molar-refractivity contribution in [2.45, 2.75) is 19.4 Å². The number of likely N-dealkylation sites (tertiary alicyclic amines) is 1. The first-order chi connectivity index (χ1) is 15.5. The zero-order valence-corrected chi connectivity index (χ0v) is 17.3. The lowest BCUT2D eigenvalue weighted by molar-refractivity contribution is -0.128. The van der Waals surface area contributed by atoms with Crippen LogP contribution < -0.4 is 15.8 Å². The maximum Gasteiger partial charge on any atom is 0.255 e. The summed E-state index contributed by atoms with van der Waals surface area (Å²) in [6.07, 6.45) is 2.99. The van der Waals surface area contributed by atoms with Crippen molar-refractivity contribution in [2.75, 3.05) is 11.9 Å². The number of ether oxygens (including phenoxy) is 1. The van der Waals surface area contributed by atoms with E-state index < -0.39 is 5.91 Å². The molecular weight excluding hydrogens is 408 g/mol. The van der Waals surface area contributed by atoms with Gasteiger partial charge in [-0.3, -0.25) is 14.4 Å². The van der Waals surface area contributed by atoms with E-state index in [1.165, 1.54) is 12.3 Å². The molecular formula is C24H22N4O4. The number of pyridine rings is 1. The third kappa shape index (κ3) is 5.10. The van der Waals surface area contributed by atoms with E-state index in [1.54, 1.807) is 42.5 Å². The van der Waals surface area contributed by atoms with Crippen LogP contribution in [0.15, 0.2) is 66.9 Å². The molecule has 1 aromatic heterocycles. The predicted octanol–water partition coefficient (Wildman–Crippen LogP) is 3.35. The van der Waals surface area contributed by atoms with Crippen LogP contribution in [0.4, 0.5) is 5.69 Å². The molecule has 0 radical (unpaired) electrons. The number of carbonyl (C=O) groups is 3. The van der Waals surface area contributed by atoms with Gasteiger partial charge in [-0.25, -0.2) is 4.98 Å². The fourth-order valence-corrected chi connectivity index (χ4v) is 3.40. The van der Waals surface area contributed by atoms with Gasteiger partial charge < -0.3 is 20.7 Å². The smallest absolute Gasteiger partial charge is 0.255 e. The van der Waals surface area contributed by atoms with Crippen LogP contribution in [0.1, 0.15) is 39.1 Å². The SMILES string of the molecule is NC(=O)c1cccc(Oc2ccc(NC(=O)c3ccc(CN4CCCC4=O)cc3)cn2)c1. The van der Waals surface area contributed by atoms with Gasteiger partial charge in [-0.1, -0.05) is 18.2 Å². The largest absolute Gasteiger partial charge is 0.439 e. The second-order valence-corrected chi connectivity index (χ2v) is 7.45. The maximum atomic E-state index is 12.5. The molecule has 1 aliphatic heterocycles. The van der Waals surface area contributed by atoms with E-state index in [2.05, 4.69) is 10.3 Å². The zero-order chi connectivity index (χ0) is 22.5. The normalized spacial score (nSPS) is 13.1. The molecule has 0 aliphatic carbocycles. The van der Waals surface area contributed by atoms with Crippen LogP contribution in [0.25, 0.3) is 0 Å². The lowest BCUT2D eigenvalue weighted by Crippen LogP contribution is -2.23. The summed E-state index contributed by atoms with van der Waals surface area (Å²) in [4.78, 5) is 41.6. The molecule has 3 amide bonds. The fraction of sp³-hybridized carbons (Fsp3) is 0.167. The summed E-state index contributed by atoms with van der Waals surface area (Å²) in [7, 11) is 0. The number of aromatic nitrogens is 1. The standard InChI is InChI=1S/C24H22N4O4/c25-23(30)18-3-1-4-20(13-18)32-21-11-10-19(14-26-21)27-24(31)17-8-6-16(7-9-17)15-28-12-2-5-22(28)29/h1,3-4,6-11,13-14H,2,5,12,15H2,(H2,25,30)(H,27,31). The Labute approximate surface area is 185 Å². The van der Waals surface area contributed by atoms with E-state index in [4.69, 9.17) is 10.5 Å².